The van der Waals surface area contributed by atoms with E-state index in [-0.39, 0.29) is 35.6 Å². The molecule has 1 saturated carbocycles. The number of hydrogen-bond donors (Lipinski definition) is 0. The predicted octanol–water partition coefficient (Wildman–Crippen LogP) is 7.67. The van der Waals surface area contributed by atoms with Crippen LogP contribution >= 0.6 is 0 Å². The Morgan fingerprint density at radius 2 is 1.14 bits per heavy atom. The molecule has 4 nitrogen and oxygen atoms in total. The van der Waals surface area contributed by atoms with Crippen LogP contribution < -0.4 is 0 Å². The maximum Gasteiger partial charge on any atom is 0.311 e. The van der Waals surface area contributed by atoms with Gasteiger partial charge < -0.3 is 9.47 Å². The van der Waals surface area contributed by atoms with E-state index in [0.717, 1.165) is 32.1 Å². The Morgan fingerprint density at radius 3 is 1.46 bits per heavy atom. The highest BCUT2D eigenvalue weighted by Crippen LogP contribution is 2.51. The van der Waals surface area contributed by atoms with E-state index in [1.54, 1.807) is 0 Å². The molecule has 4 heteroatoms. The molecule has 4 aliphatic rings. The van der Waals surface area contributed by atoms with Gasteiger partial charge in [0.25, 0.3) is 0 Å². The monoisotopic (exact) mass is 506 g/mol. The van der Waals surface area contributed by atoms with E-state index in [1.807, 2.05) is 12.2 Å². The average molecular weight is 507 g/mol. The van der Waals surface area contributed by atoms with Crippen molar-refractivity contribution < 1.29 is 19.1 Å². The number of ether oxygens (including phenoxy) is 2. The second kappa shape index (κ2) is 11.2. The number of carbonyl (C=O) groups is 2. The Kier molecular flexibility index (Phi) is 8.35. The van der Waals surface area contributed by atoms with Crippen molar-refractivity contribution >= 4 is 11.9 Å². The average Bonchev–Trinajstić information content (AvgIpc) is 3.54. The van der Waals surface area contributed by atoms with Crippen molar-refractivity contribution in [2.45, 2.75) is 97.7 Å². The summed E-state index contributed by atoms with van der Waals surface area (Å²) in [4.78, 5) is 27.9. The van der Waals surface area contributed by atoms with E-state index >= 15 is 0 Å². The molecular weight excluding hydrogens is 460 g/mol. The van der Waals surface area contributed by atoms with Gasteiger partial charge in [0.05, 0.1) is 11.8 Å². The third kappa shape index (κ3) is 4.70. The SMILES string of the molecule is CCC1=CC=CC(CC)(OC(=O)C2C3C=CC(C3)C2C(=O)OC2(CC)C=CC=C(CC)C2CC)C1CC. The molecule has 2 bridgehead atoms. The van der Waals surface area contributed by atoms with Crippen LogP contribution in [0.5, 0.6) is 0 Å². The third-order valence-corrected chi connectivity index (χ3v) is 9.78. The molecule has 8 atom stereocenters. The molecule has 37 heavy (non-hydrogen) atoms. The van der Waals surface area contributed by atoms with E-state index in [4.69, 9.17) is 9.47 Å². The number of hydrogen-bond acceptors (Lipinski definition) is 4. The molecule has 0 radical (unpaired) electrons. The summed E-state index contributed by atoms with van der Waals surface area (Å²) < 4.78 is 12.9. The van der Waals surface area contributed by atoms with Gasteiger partial charge in [-0.3, -0.25) is 9.59 Å². The number of esters is 2. The number of rotatable bonds is 10. The van der Waals surface area contributed by atoms with Gasteiger partial charge in [0.1, 0.15) is 11.2 Å². The van der Waals surface area contributed by atoms with Gasteiger partial charge in [-0.1, -0.05) is 89.1 Å². The highest BCUT2D eigenvalue weighted by atomic mass is 16.6. The Hall–Kier alpha value is -2.36. The minimum Gasteiger partial charge on any atom is -0.454 e. The first-order valence-corrected chi connectivity index (χ1v) is 14.7. The second-order valence-electron chi connectivity index (χ2n) is 11.3. The van der Waals surface area contributed by atoms with Crippen molar-refractivity contribution in [3.8, 4) is 0 Å². The lowest BCUT2D eigenvalue weighted by molar-refractivity contribution is -0.178. The number of allylic oxidation sites excluding steroid dienone is 6. The maximum atomic E-state index is 14.0. The number of fused-ring (bicyclic) bond motifs is 2. The molecule has 0 aromatic carbocycles. The standard InChI is InChI=1S/C33H46O4/c1-7-22-15-13-19-32(11-5,26(22)9-3)36-30(34)28-24-17-18-25(21-24)29(28)31(35)37-33(12-6)20-14-16-23(8-2)27(33)10-4/h13-20,24-29H,7-12,21H2,1-6H3. The largest absolute Gasteiger partial charge is 0.454 e. The fourth-order valence-electron chi connectivity index (χ4n) is 7.76. The molecule has 0 spiro atoms. The van der Waals surface area contributed by atoms with Crippen LogP contribution in [0.2, 0.25) is 0 Å². The van der Waals surface area contributed by atoms with Gasteiger partial charge in [0, 0.05) is 11.8 Å². The minimum atomic E-state index is -0.656. The van der Waals surface area contributed by atoms with Crippen molar-refractivity contribution in [3.63, 3.8) is 0 Å². The molecule has 1 fully saturated rings. The van der Waals surface area contributed by atoms with Crippen molar-refractivity contribution in [1.82, 2.24) is 0 Å². The maximum absolute atomic E-state index is 14.0. The molecular formula is C33H46O4. The van der Waals surface area contributed by atoms with Crippen LogP contribution in [-0.4, -0.2) is 23.1 Å². The van der Waals surface area contributed by atoms with Crippen LogP contribution in [0.15, 0.2) is 59.8 Å². The fraction of sp³-hybridized carbons (Fsp3) is 0.636. The summed E-state index contributed by atoms with van der Waals surface area (Å²) in [5.74, 6) is -1.08. The molecule has 0 aromatic heterocycles. The number of carbonyl (C=O) groups excluding carboxylic acids is 2. The first-order chi connectivity index (χ1) is 17.8. The van der Waals surface area contributed by atoms with Crippen molar-refractivity contribution in [3.05, 3.63) is 59.8 Å². The van der Waals surface area contributed by atoms with Gasteiger partial charge in [-0.05, 0) is 68.9 Å². The van der Waals surface area contributed by atoms with Crippen LogP contribution in [0, 0.1) is 35.5 Å². The lowest BCUT2D eigenvalue weighted by Gasteiger charge is -2.43. The van der Waals surface area contributed by atoms with Gasteiger partial charge in [-0.25, -0.2) is 0 Å². The second-order valence-corrected chi connectivity index (χ2v) is 11.3. The Bertz CT molecular complexity index is 949. The molecule has 0 N–H and O–H groups in total. The van der Waals surface area contributed by atoms with Gasteiger partial charge in [0.2, 0.25) is 0 Å². The molecule has 0 aliphatic heterocycles. The van der Waals surface area contributed by atoms with Gasteiger partial charge in [-0.2, -0.15) is 0 Å². The lowest BCUT2D eigenvalue weighted by atomic mass is 9.73. The third-order valence-electron chi connectivity index (χ3n) is 9.78. The quantitative estimate of drug-likeness (QED) is 0.225. The molecule has 0 aromatic rings. The van der Waals surface area contributed by atoms with Gasteiger partial charge in [0.15, 0.2) is 0 Å². The van der Waals surface area contributed by atoms with Crippen LogP contribution in [0.25, 0.3) is 0 Å². The van der Waals surface area contributed by atoms with E-state index in [2.05, 4.69) is 78.0 Å². The molecule has 8 unspecified atom stereocenters. The molecule has 0 heterocycles. The summed E-state index contributed by atoms with van der Waals surface area (Å²) in [6, 6.07) is 0. The highest BCUT2D eigenvalue weighted by molar-refractivity contribution is 5.85. The summed E-state index contributed by atoms with van der Waals surface area (Å²) in [5, 5.41) is 0. The van der Waals surface area contributed by atoms with Crippen molar-refractivity contribution in [2.75, 3.05) is 0 Å². The van der Waals surface area contributed by atoms with E-state index in [0.29, 0.717) is 12.8 Å². The Morgan fingerprint density at radius 1 is 0.730 bits per heavy atom. The summed E-state index contributed by atoms with van der Waals surface area (Å²) >= 11 is 0. The van der Waals surface area contributed by atoms with E-state index in [9.17, 15) is 9.59 Å². The zero-order valence-electron chi connectivity index (χ0n) is 23.7. The van der Waals surface area contributed by atoms with Gasteiger partial charge in [-0.15, -0.1) is 0 Å². The normalized spacial score (nSPS) is 37.9. The summed E-state index contributed by atoms with van der Waals surface area (Å²) in [6.07, 6.45) is 22.7. The topological polar surface area (TPSA) is 52.6 Å². The van der Waals surface area contributed by atoms with E-state index < -0.39 is 23.0 Å². The molecule has 4 rings (SSSR count). The lowest BCUT2D eigenvalue weighted by Crippen LogP contribution is -2.48. The van der Waals surface area contributed by atoms with Crippen molar-refractivity contribution in [2.24, 2.45) is 35.5 Å². The molecule has 4 aliphatic carbocycles. The smallest absolute Gasteiger partial charge is 0.311 e. The minimum absolute atomic E-state index is 0.0327. The summed E-state index contributed by atoms with van der Waals surface area (Å²) in [6.45, 7) is 12.8. The zero-order chi connectivity index (χ0) is 26.8. The molecule has 0 amide bonds. The Balaban J connectivity index is 1.59. The first kappa shape index (κ1) is 27.7. The van der Waals surface area contributed by atoms with Crippen LogP contribution in [-0.2, 0) is 19.1 Å². The van der Waals surface area contributed by atoms with Gasteiger partial charge >= 0.3 is 11.9 Å². The predicted molar refractivity (Wildman–Crippen MR) is 149 cm³/mol. The van der Waals surface area contributed by atoms with E-state index in [1.165, 1.54) is 11.1 Å². The molecule has 0 saturated heterocycles. The van der Waals surface area contributed by atoms with Crippen LogP contribution in [0.1, 0.15) is 86.5 Å². The Labute approximate surface area is 223 Å². The highest BCUT2D eigenvalue weighted by Gasteiger charge is 2.56. The van der Waals surface area contributed by atoms with Crippen LogP contribution in [0.4, 0.5) is 0 Å². The summed E-state index contributed by atoms with van der Waals surface area (Å²) in [5.41, 5.74) is 1.33. The fourth-order valence-corrected chi connectivity index (χ4v) is 7.76. The van der Waals surface area contributed by atoms with Crippen LogP contribution in [0.3, 0.4) is 0 Å². The molecule has 202 valence electrons. The first-order valence-electron chi connectivity index (χ1n) is 14.7. The zero-order valence-corrected chi connectivity index (χ0v) is 23.7. The summed E-state index contributed by atoms with van der Waals surface area (Å²) in [7, 11) is 0. The van der Waals surface area contributed by atoms with Crippen molar-refractivity contribution in [1.29, 1.82) is 0 Å².